The van der Waals surface area contributed by atoms with Crippen LogP contribution in [0, 0.1) is 5.92 Å². The third kappa shape index (κ3) is 4.10. The zero-order chi connectivity index (χ0) is 20.4. The third-order valence-electron chi connectivity index (χ3n) is 7.44. The predicted molar refractivity (Wildman–Crippen MR) is 110 cm³/mol. The fourth-order valence-electron chi connectivity index (χ4n) is 5.86. The quantitative estimate of drug-likeness (QED) is 0.715. The Morgan fingerprint density at radius 1 is 1.21 bits per heavy atom. The number of rotatable bonds is 4. The van der Waals surface area contributed by atoms with Crippen molar-refractivity contribution in [3.05, 3.63) is 23.8 Å². The topological polar surface area (TPSA) is 74.4 Å². The van der Waals surface area contributed by atoms with Gasteiger partial charge in [0.2, 0.25) is 0 Å². The molecule has 6 heteroatoms. The van der Waals surface area contributed by atoms with Crippen LogP contribution in [0.4, 0.5) is 0 Å². The first-order valence-corrected chi connectivity index (χ1v) is 11.2. The van der Waals surface area contributed by atoms with E-state index in [4.69, 9.17) is 4.74 Å². The molecule has 0 spiro atoms. The first kappa shape index (κ1) is 20.5. The molecule has 2 saturated heterocycles. The second kappa shape index (κ2) is 8.52. The van der Waals surface area contributed by atoms with Crippen molar-refractivity contribution in [1.29, 1.82) is 0 Å². The van der Waals surface area contributed by atoms with Gasteiger partial charge in [-0.1, -0.05) is 12.8 Å². The second-order valence-electron chi connectivity index (χ2n) is 9.14. The summed E-state index contributed by atoms with van der Waals surface area (Å²) in [5.74, 6) is 0.936. The van der Waals surface area contributed by atoms with Crippen molar-refractivity contribution in [2.75, 3.05) is 33.3 Å². The van der Waals surface area contributed by atoms with Gasteiger partial charge >= 0.3 is 0 Å². The Morgan fingerprint density at radius 3 is 2.76 bits per heavy atom. The zero-order valence-corrected chi connectivity index (χ0v) is 17.5. The number of piperidine rings is 2. The Balaban J connectivity index is 1.63. The lowest BCUT2D eigenvalue weighted by molar-refractivity contribution is -0.938. The van der Waals surface area contributed by atoms with E-state index in [1.165, 1.54) is 11.3 Å². The van der Waals surface area contributed by atoms with Gasteiger partial charge in [0.1, 0.15) is 6.04 Å². The molecule has 1 unspecified atom stereocenters. The zero-order valence-electron chi connectivity index (χ0n) is 17.5. The number of phenolic OH excluding ortho intramolecular Hbond substituents is 1. The summed E-state index contributed by atoms with van der Waals surface area (Å²) in [4.78, 5) is 16.3. The normalized spacial score (nSPS) is 32.5. The lowest BCUT2D eigenvalue weighted by atomic mass is 9.66. The lowest BCUT2D eigenvalue weighted by Gasteiger charge is -2.50. The number of benzene rings is 1. The number of quaternary nitrogens is 1. The second-order valence-corrected chi connectivity index (χ2v) is 9.14. The molecule has 2 aliphatic heterocycles. The van der Waals surface area contributed by atoms with Crippen molar-refractivity contribution in [3.8, 4) is 11.5 Å². The average Bonchev–Trinajstić information content (AvgIpc) is 2.75. The Morgan fingerprint density at radius 2 is 2.00 bits per heavy atom. The number of carbonyl (C=O) groups excluding carboxylic acids is 1. The number of likely N-dealkylation sites (tertiary alicyclic amines) is 2. The summed E-state index contributed by atoms with van der Waals surface area (Å²) in [5.41, 5.74) is 0.400. The van der Waals surface area contributed by atoms with Gasteiger partial charge in [-0.05, 0) is 50.3 Å². The monoisotopic (exact) mass is 403 g/mol. The molecule has 3 fully saturated rings. The molecule has 0 aromatic heterocycles. The molecule has 1 aliphatic carbocycles. The standard InChI is InChI=1S/C23H34N2O4/c1-29-20-15-17(8-9-19(20)26)22-18-7-3-4-10-23(18,28)11-14-25(22)16-21(27)24-12-5-2-6-13-24/h8-9,15,18,22,26,28H,2-7,10-14,16H2,1H3/p+1/t18-,22+,23+/m0/s1. The van der Waals surface area contributed by atoms with Gasteiger partial charge in [-0.2, -0.15) is 0 Å². The summed E-state index contributed by atoms with van der Waals surface area (Å²) < 4.78 is 5.35. The van der Waals surface area contributed by atoms with Crippen molar-refractivity contribution in [1.82, 2.24) is 4.90 Å². The van der Waals surface area contributed by atoms with Gasteiger partial charge in [0.15, 0.2) is 18.0 Å². The molecule has 3 N–H and O–H groups in total. The average molecular weight is 404 g/mol. The summed E-state index contributed by atoms with van der Waals surface area (Å²) in [6, 6.07) is 5.55. The van der Waals surface area contributed by atoms with E-state index in [1.54, 1.807) is 13.2 Å². The first-order chi connectivity index (χ1) is 14.0. The molecule has 4 rings (SSSR count). The number of methoxy groups -OCH3 is 1. The number of hydrogen-bond donors (Lipinski definition) is 3. The maximum atomic E-state index is 13.0. The maximum Gasteiger partial charge on any atom is 0.277 e. The molecule has 2 heterocycles. The summed E-state index contributed by atoms with van der Waals surface area (Å²) in [6.07, 6.45) is 8.18. The number of aliphatic hydroxyl groups is 1. The number of carbonyl (C=O) groups is 1. The first-order valence-electron chi connectivity index (χ1n) is 11.2. The minimum Gasteiger partial charge on any atom is -0.504 e. The number of fused-ring (bicyclic) bond motifs is 1. The Bertz CT molecular complexity index is 734. The van der Waals surface area contributed by atoms with Crippen LogP contribution in [0.3, 0.4) is 0 Å². The summed E-state index contributed by atoms with van der Waals surface area (Å²) in [6.45, 7) is 3.01. The molecule has 1 aromatic rings. The van der Waals surface area contributed by atoms with Crippen LogP contribution in [-0.4, -0.2) is 59.9 Å². The number of amides is 1. The van der Waals surface area contributed by atoms with Gasteiger partial charge < -0.3 is 24.7 Å². The van der Waals surface area contributed by atoms with Crippen molar-refractivity contribution in [3.63, 3.8) is 0 Å². The highest BCUT2D eigenvalue weighted by Gasteiger charge is 2.52. The molecule has 29 heavy (non-hydrogen) atoms. The largest absolute Gasteiger partial charge is 0.504 e. The molecular weight excluding hydrogens is 368 g/mol. The highest BCUT2D eigenvalue weighted by Crippen LogP contribution is 2.45. The van der Waals surface area contributed by atoms with Gasteiger partial charge in [0.05, 0.1) is 19.3 Å². The van der Waals surface area contributed by atoms with Gasteiger partial charge in [0, 0.05) is 31.0 Å². The molecule has 1 saturated carbocycles. The molecule has 0 radical (unpaired) electrons. The molecule has 0 bridgehead atoms. The SMILES string of the molecule is COc1cc([C@@H]2[C@@H]3CCCC[C@@]3(O)CC[NH+]2CC(=O)N2CCCCC2)ccc1O. The van der Waals surface area contributed by atoms with Crippen molar-refractivity contribution < 1.29 is 24.6 Å². The third-order valence-corrected chi connectivity index (χ3v) is 7.44. The highest BCUT2D eigenvalue weighted by molar-refractivity contribution is 5.77. The van der Waals surface area contributed by atoms with Crippen LogP contribution in [0.15, 0.2) is 18.2 Å². The summed E-state index contributed by atoms with van der Waals surface area (Å²) in [5, 5.41) is 21.5. The molecule has 3 aliphatic rings. The molecule has 6 nitrogen and oxygen atoms in total. The molecule has 4 atom stereocenters. The van der Waals surface area contributed by atoms with Crippen LogP contribution in [0.25, 0.3) is 0 Å². The van der Waals surface area contributed by atoms with E-state index in [-0.39, 0.29) is 23.6 Å². The van der Waals surface area contributed by atoms with Crippen LogP contribution in [0.2, 0.25) is 0 Å². The Labute approximate surface area is 173 Å². The number of phenols is 1. The van der Waals surface area contributed by atoms with Crippen LogP contribution >= 0.6 is 0 Å². The number of nitrogens with one attached hydrogen (secondary N) is 1. The van der Waals surface area contributed by atoms with E-state index in [0.717, 1.165) is 70.1 Å². The predicted octanol–water partition coefficient (Wildman–Crippen LogP) is 1.66. The number of aromatic hydroxyl groups is 1. The lowest BCUT2D eigenvalue weighted by Crippen LogP contribution is -3.16. The Kier molecular flexibility index (Phi) is 6.02. The molecule has 160 valence electrons. The maximum absolute atomic E-state index is 13.0. The minimum absolute atomic E-state index is 0.0392. The van der Waals surface area contributed by atoms with Gasteiger partial charge in [0.25, 0.3) is 5.91 Å². The van der Waals surface area contributed by atoms with E-state index in [2.05, 4.69) is 0 Å². The fourth-order valence-corrected chi connectivity index (χ4v) is 5.86. The molecular formula is C23H35N2O4+. The summed E-state index contributed by atoms with van der Waals surface area (Å²) >= 11 is 0. The van der Waals surface area contributed by atoms with Crippen LogP contribution < -0.4 is 9.64 Å². The fraction of sp³-hybridized carbons (Fsp3) is 0.696. The van der Waals surface area contributed by atoms with Crippen molar-refractivity contribution in [2.45, 2.75) is 63.0 Å². The molecule has 1 aromatic carbocycles. The Hall–Kier alpha value is -1.79. The number of nitrogens with zero attached hydrogens (tertiary/aromatic N) is 1. The number of ether oxygens (including phenoxy) is 1. The van der Waals surface area contributed by atoms with E-state index in [9.17, 15) is 15.0 Å². The van der Waals surface area contributed by atoms with Crippen LogP contribution in [0.5, 0.6) is 11.5 Å². The van der Waals surface area contributed by atoms with Crippen molar-refractivity contribution in [2.24, 2.45) is 5.92 Å². The van der Waals surface area contributed by atoms with Crippen LogP contribution in [0.1, 0.15) is 63.0 Å². The van der Waals surface area contributed by atoms with E-state index in [0.29, 0.717) is 12.3 Å². The minimum atomic E-state index is -0.647. The van der Waals surface area contributed by atoms with E-state index in [1.807, 2.05) is 17.0 Å². The van der Waals surface area contributed by atoms with Gasteiger partial charge in [-0.3, -0.25) is 4.79 Å². The number of hydrogen-bond acceptors (Lipinski definition) is 4. The van der Waals surface area contributed by atoms with Gasteiger partial charge in [-0.15, -0.1) is 0 Å². The van der Waals surface area contributed by atoms with Crippen molar-refractivity contribution >= 4 is 5.91 Å². The van der Waals surface area contributed by atoms with E-state index >= 15 is 0 Å². The highest BCUT2D eigenvalue weighted by atomic mass is 16.5. The summed E-state index contributed by atoms with van der Waals surface area (Å²) in [7, 11) is 1.56. The smallest absolute Gasteiger partial charge is 0.277 e. The van der Waals surface area contributed by atoms with E-state index < -0.39 is 5.60 Å². The molecule has 1 amide bonds. The van der Waals surface area contributed by atoms with Crippen LogP contribution in [-0.2, 0) is 4.79 Å². The van der Waals surface area contributed by atoms with Gasteiger partial charge in [-0.25, -0.2) is 0 Å².